The van der Waals surface area contributed by atoms with Crippen molar-refractivity contribution in [2.24, 2.45) is 0 Å². The van der Waals surface area contributed by atoms with Crippen molar-refractivity contribution in [1.82, 2.24) is 0 Å². The summed E-state index contributed by atoms with van der Waals surface area (Å²) in [5.74, 6) is 0.215. The summed E-state index contributed by atoms with van der Waals surface area (Å²) in [6.07, 6.45) is 0. The van der Waals surface area contributed by atoms with Gasteiger partial charge in [0.1, 0.15) is 0 Å². The molecule has 1 unspecified atom stereocenters. The first-order valence-corrected chi connectivity index (χ1v) is 7.01. The minimum absolute atomic E-state index is 0.0854. The van der Waals surface area contributed by atoms with Gasteiger partial charge in [-0.2, -0.15) is 5.26 Å². The van der Waals surface area contributed by atoms with E-state index in [-0.39, 0.29) is 11.6 Å². The molecule has 0 saturated heterocycles. The van der Waals surface area contributed by atoms with E-state index in [9.17, 15) is 15.4 Å². The molecule has 2 rings (SSSR count). The molecule has 0 spiro atoms. The van der Waals surface area contributed by atoms with E-state index >= 15 is 0 Å². The van der Waals surface area contributed by atoms with Crippen LogP contribution < -0.4 is 0 Å². The minimum atomic E-state index is -0.397. The van der Waals surface area contributed by atoms with E-state index in [4.69, 9.17) is 0 Å². The number of thioether (sulfide) groups is 1. The molecule has 0 aliphatic heterocycles. The van der Waals surface area contributed by atoms with E-state index in [2.05, 4.69) is 6.07 Å². The molecule has 0 N–H and O–H groups in total. The lowest BCUT2D eigenvalue weighted by Gasteiger charge is -2.09. The van der Waals surface area contributed by atoms with Crippen LogP contribution in [0, 0.1) is 21.4 Å². The Kier molecular flexibility index (Phi) is 4.75. The molecule has 2 aromatic carbocycles. The fraction of sp³-hybridized carbons (Fsp3) is 0.133. The zero-order valence-corrected chi connectivity index (χ0v) is 11.4. The molecule has 0 fully saturated rings. The van der Waals surface area contributed by atoms with Crippen LogP contribution in [0.2, 0.25) is 0 Å². The molecule has 0 heterocycles. The van der Waals surface area contributed by atoms with Crippen LogP contribution in [0.5, 0.6) is 0 Å². The van der Waals surface area contributed by atoms with Gasteiger partial charge in [-0.1, -0.05) is 42.5 Å². The molecule has 100 valence electrons. The van der Waals surface area contributed by atoms with Gasteiger partial charge in [0.25, 0.3) is 5.69 Å². The lowest BCUT2D eigenvalue weighted by molar-refractivity contribution is -0.387. The molecule has 0 bridgehead atoms. The second-order valence-electron chi connectivity index (χ2n) is 4.13. The zero-order valence-electron chi connectivity index (χ0n) is 10.6. The highest BCUT2D eigenvalue weighted by atomic mass is 32.2. The van der Waals surface area contributed by atoms with Gasteiger partial charge in [0.15, 0.2) is 0 Å². The molecule has 2 aromatic rings. The van der Waals surface area contributed by atoms with Gasteiger partial charge in [0.05, 0.1) is 21.8 Å². The van der Waals surface area contributed by atoms with Gasteiger partial charge in [0.2, 0.25) is 0 Å². The number of hydrogen-bond donors (Lipinski definition) is 0. The van der Waals surface area contributed by atoms with Crippen molar-refractivity contribution < 1.29 is 4.92 Å². The summed E-state index contributed by atoms with van der Waals surface area (Å²) < 4.78 is 0. The number of rotatable bonds is 5. The van der Waals surface area contributed by atoms with E-state index in [1.807, 2.05) is 30.3 Å². The van der Waals surface area contributed by atoms with E-state index in [1.54, 1.807) is 18.2 Å². The van der Waals surface area contributed by atoms with Crippen molar-refractivity contribution in [2.75, 3.05) is 5.75 Å². The Bertz CT molecular complexity index is 638. The summed E-state index contributed by atoms with van der Waals surface area (Å²) in [5.41, 5.74) is 1.02. The second-order valence-corrected chi connectivity index (χ2v) is 5.19. The van der Waals surface area contributed by atoms with Gasteiger partial charge in [-0.05, 0) is 11.6 Å². The number of benzene rings is 2. The molecular formula is C15H12N2O2S. The van der Waals surface area contributed by atoms with E-state index in [1.165, 1.54) is 17.8 Å². The van der Waals surface area contributed by atoms with Crippen LogP contribution >= 0.6 is 11.8 Å². The average Bonchev–Trinajstić information content (AvgIpc) is 2.49. The van der Waals surface area contributed by atoms with E-state index in [0.717, 1.165) is 5.56 Å². The first kappa shape index (κ1) is 14.1. The van der Waals surface area contributed by atoms with Crippen LogP contribution in [0.1, 0.15) is 11.5 Å². The van der Waals surface area contributed by atoms with Gasteiger partial charge in [-0.15, -0.1) is 11.8 Å². The van der Waals surface area contributed by atoms with Gasteiger partial charge in [0, 0.05) is 11.8 Å². The van der Waals surface area contributed by atoms with Crippen LogP contribution in [-0.4, -0.2) is 10.7 Å². The summed E-state index contributed by atoms with van der Waals surface area (Å²) in [5, 5.41) is 20.2. The van der Waals surface area contributed by atoms with Crippen LogP contribution in [0.15, 0.2) is 59.5 Å². The second kappa shape index (κ2) is 6.73. The third-order valence-corrected chi connectivity index (χ3v) is 3.98. The number of nitro groups is 1. The maximum Gasteiger partial charge on any atom is 0.282 e. The van der Waals surface area contributed by atoms with Crippen molar-refractivity contribution in [1.29, 1.82) is 5.26 Å². The fourth-order valence-corrected chi connectivity index (χ4v) is 2.88. The summed E-state index contributed by atoms with van der Waals surface area (Å²) >= 11 is 1.34. The Morgan fingerprint density at radius 2 is 1.80 bits per heavy atom. The topological polar surface area (TPSA) is 66.9 Å². The Morgan fingerprint density at radius 3 is 2.45 bits per heavy atom. The van der Waals surface area contributed by atoms with Gasteiger partial charge >= 0.3 is 0 Å². The number of nitrogens with zero attached hydrogens (tertiary/aromatic N) is 2. The predicted molar refractivity (Wildman–Crippen MR) is 78.6 cm³/mol. The van der Waals surface area contributed by atoms with Crippen molar-refractivity contribution in [3.63, 3.8) is 0 Å². The number of nitriles is 1. The van der Waals surface area contributed by atoms with Gasteiger partial charge < -0.3 is 0 Å². The molecule has 0 amide bonds. The van der Waals surface area contributed by atoms with Crippen molar-refractivity contribution in [2.45, 2.75) is 10.8 Å². The summed E-state index contributed by atoms with van der Waals surface area (Å²) in [4.78, 5) is 11.1. The Labute approximate surface area is 121 Å². The number of nitro benzene ring substituents is 1. The molecule has 4 nitrogen and oxygen atoms in total. The molecule has 20 heavy (non-hydrogen) atoms. The summed E-state index contributed by atoms with van der Waals surface area (Å²) in [6.45, 7) is 0. The Morgan fingerprint density at radius 1 is 1.15 bits per heavy atom. The fourth-order valence-electron chi connectivity index (χ4n) is 1.80. The van der Waals surface area contributed by atoms with Crippen LogP contribution in [-0.2, 0) is 0 Å². The highest BCUT2D eigenvalue weighted by Gasteiger charge is 2.16. The molecule has 0 aliphatic rings. The largest absolute Gasteiger partial charge is 0.282 e. The third kappa shape index (κ3) is 3.37. The normalized spacial score (nSPS) is 11.6. The van der Waals surface area contributed by atoms with Crippen LogP contribution in [0.25, 0.3) is 0 Å². The maximum atomic E-state index is 10.9. The molecule has 1 atom stereocenters. The third-order valence-electron chi connectivity index (χ3n) is 2.83. The predicted octanol–water partition coefficient (Wildman–Crippen LogP) is 3.99. The lowest BCUT2D eigenvalue weighted by atomic mass is 10.0. The lowest BCUT2D eigenvalue weighted by Crippen LogP contribution is -1.99. The van der Waals surface area contributed by atoms with E-state index < -0.39 is 4.92 Å². The van der Waals surface area contributed by atoms with E-state index in [0.29, 0.717) is 10.6 Å². The molecular weight excluding hydrogens is 272 g/mol. The monoisotopic (exact) mass is 284 g/mol. The Balaban J connectivity index is 2.12. The first-order chi connectivity index (χ1) is 9.72. The molecule has 5 heteroatoms. The maximum absolute atomic E-state index is 10.9. The average molecular weight is 284 g/mol. The zero-order chi connectivity index (χ0) is 14.4. The highest BCUT2D eigenvalue weighted by molar-refractivity contribution is 7.99. The molecule has 0 saturated carbocycles. The van der Waals surface area contributed by atoms with Crippen molar-refractivity contribution >= 4 is 17.4 Å². The minimum Gasteiger partial charge on any atom is -0.258 e. The quantitative estimate of drug-likeness (QED) is 0.473. The standard InChI is InChI=1S/C15H12N2O2S/c16-10-13(12-6-2-1-3-7-12)11-20-15-9-5-4-8-14(15)17(18)19/h1-9,13H,11H2. The first-order valence-electron chi connectivity index (χ1n) is 6.03. The summed E-state index contributed by atoms with van der Waals surface area (Å²) in [7, 11) is 0. The summed E-state index contributed by atoms with van der Waals surface area (Å²) in [6, 6.07) is 18.3. The molecule has 0 aromatic heterocycles. The Hall–Kier alpha value is -2.32. The number of hydrogen-bond acceptors (Lipinski definition) is 4. The SMILES string of the molecule is N#CC(CSc1ccccc1[N+](=O)[O-])c1ccccc1. The van der Waals surface area contributed by atoms with Gasteiger partial charge in [-0.3, -0.25) is 10.1 Å². The smallest absolute Gasteiger partial charge is 0.258 e. The highest BCUT2D eigenvalue weighted by Crippen LogP contribution is 2.32. The van der Waals surface area contributed by atoms with Gasteiger partial charge in [-0.25, -0.2) is 0 Å². The van der Waals surface area contributed by atoms with Crippen LogP contribution in [0.3, 0.4) is 0 Å². The molecule has 0 radical (unpaired) electrons. The van der Waals surface area contributed by atoms with Crippen LogP contribution in [0.4, 0.5) is 5.69 Å². The number of para-hydroxylation sites is 1. The van der Waals surface area contributed by atoms with Crippen molar-refractivity contribution in [3.8, 4) is 6.07 Å². The molecule has 0 aliphatic carbocycles. The van der Waals surface area contributed by atoms with Crippen molar-refractivity contribution in [3.05, 3.63) is 70.3 Å².